The quantitative estimate of drug-likeness (QED) is 0.267. The summed E-state index contributed by atoms with van der Waals surface area (Å²) in [6, 6.07) is 0. The maximum atomic E-state index is 9.31. The molecule has 0 rings (SSSR count). The van der Waals surface area contributed by atoms with Crippen molar-refractivity contribution >= 4 is 49.6 Å². The molecule has 3 N–H and O–H groups in total. The average molecular weight is 229 g/mol. The molecular formula is H4NaO5Sb. The summed E-state index contributed by atoms with van der Waals surface area (Å²) in [5, 5.41) is 7.18. The van der Waals surface area contributed by atoms with Crippen LogP contribution in [-0.2, 0) is 6.18 Å². The van der Waals surface area contributed by atoms with E-state index in [1.807, 2.05) is 0 Å². The van der Waals surface area contributed by atoms with Crippen LogP contribution in [0, 0.1) is 0 Å². The summed E-state index contributed by atoms with van der Waals surface area (Å²) in [5.74, 6) is 0. The zero-order chi connectivity index (χ0) is 5.21. The monoisotopic (exact) mass is 228 g/mol. The fourth-order valence-electron chi connectivity index (χ4n) is 0. The molecule has 7 heteroatoms. The number of rotatable bonds is 1. The van der Waals surface area contributed by atoms with Crippen LogP contribution >= 0.6 is 0 Å². The van der Waals surface area contributed by atoms with Crippen LogP contribution < -0.4 is 0 Å². The van der Waals surface area contributed by atoms with Crippen molar-refractivity contribution in [2.45, 2.75) is 0 Å². The van der Waals surface area contributed by atoms with E-state index in [1.165, 1.54) is 0 Å². The van der Waals surface area contributed by atoms with Crippen LogP contribution in [0.2, 0.25) is 0 Å². The molecule has 0 spiro atoms. The summed E-state index contributed by atoms with van der Waals surface area (Å²) < 4.78 is 27.1. The van der Waals surface area contributed by atoms with E-state index in [4.69, 9.17) is 12.0 Å². The Morgan fingerprint density at radius 3 is 1.57 bits per heavy atom. The molecule has 0 aliphatic carbocycles. The number of hydrogen-bond donors (Lipinski definition) is 3. The Bertz CT molecular complexity index is 72.1. The van der Waals surface area contributed by atoms with Gasteiger partial charge in [-0.25, -0.2) is 0 Å². The molecule has 0 aromatic rings. The van der Waals surface area contributed by atoms with Gasteiger partial charge in [0.15, 0.2) is 0 Å². The third kappa shape index (κ3) is 11.2. The Morgan fingerprint density at radius 1 is 1.43 bits per heavy atom. The van der Waals surface area contributed by atoms with Crippen molar-refractivity contribution in [2.24, 2.45) is 0 Å². The van der Waals surface area contributed by atoms with E-state index in [0.29, 0.717) is 0 Å². The molecule has 0 saturated carbocycles. The van der Waals surface area contributed by atoms with E-state index in [2.05, 4.69) is 3.17 Å². The first-order valence-corrected chi connectivity index (χ1v) is 5.32. The molecule has 0 atom stereocenters. The Labute approximate surface area is 67.2 Å². The van der Waals surface area contributed by atoms with Gasteiger partial charge in [-0.05, 0) is 0 Å². The Hall–Kier alpha value is 1.46. The van der Waals surface area contributed by atoms with Gasteiger partial charge in [0.2, 0.25) is 0 Å². The van der Waals surface area contributed by atoms with Crippen molar-refractivity contribution < 1.29 is 18.2 Å². The van der Waals surface area contributed by atoms with E-state index in [0.717, 1.165) is 0 Å². The van der Waals surface area contributed by atoms with Gasteiger partial charge in [-0.1, -0.05) is 0 Å². The van der Waals surface area contributed by atoms with Crippen molar-refractivity contribution in [1.82, 2.24) is 0 Å². The molecule has 0 unspecified atom stereocenters. The van der Waals surface area contributed by atoms with Gasteiger partial charge in [-0.15, -0.1) is 0 Å². The molecule has 0 radical (unpaired) electrons. The molecule has 0 aromatic carbocycles. The van der Waals surface area contributed by atoms with E-state index >= 15 is 0 Å². The molecule has 0 amide bonds. The molecule has 0 bridgehead atoms. The summed E-state index contributed by atoms with van der Waals surface area (Å²) in [6.45, 7) is 0. The second-order valence-corrected chi connectivity index (χ2v) is 3.84. The first-order chi connectivity index (χ1) is 2.56. The predicted octanol–water partition coefficient (Wildman–Crippen LogP) is -2.32. The summed E-state index contributed by atoms with van der Waals surface area (Å²) in [6.07, 6.45) is 0. The molecule has 0 saturated heterocycles. The summed E-state index contributed by atoms with van der Waals surface area (Å²) in [7, 11) is 0. The molecule has 0 aromatic heterocycles. The summed E-state index contributed by atoms with van der Waals surface area (Å²) in [4.78, 5) is 0. The zero-order valence-corrected chi connectivity index (χ0v) is 5.16. The van der Waals surface area contributed by atoms with E-state index in [1.54, 1.807) is 0 Å². The molecule has 7 heavy (non-hydrogen) atoms. The molecule has 5 nitrogen and oxygen atoms in total. The van der Waals surface area contributed by atoms with Gasteiger partial charge in [0.1, 0.15) is 0 Å². The fourth-order valence-corrected chi connectivity index (χ4v) is 0. The average Bonchev–Trinajstić information content (AvgIpc) is 1.35. The van der Waals surface area contributed by atoms with Crippen molar-refractivity contribution in [3.63, 3.8) is 0 Å². The van der Waals surface area contributed by atoms with Crippen LogP contribution in [0.25, 0.3) is 0 Å². The normalized spacial score (nSPS) is 10.1. The summed E-state index contributed by atoms with van der Waals surface area (Å²) >= 11 is -5.34. The Kier molecular flexibility index (Phi) is 7.01. The molecule has 0 aliphatic rings. The van der Waals surface area contributed by atoms with Crippen LogP contribution in [0.5, 0.6) is 0 Å². The molecule has 0 aliphatic heterocycles. The molecule has 40 valence electrons. The second-order valence-electron chi connectivity index (χ2n) is 0.572. The molecule has 0 fully saturated rings. The van der Waals surface area contributed by atoms with Gasteiger partial charge in [0.05, 0.1) is 0 Å². The van der Waals surface area contributed by atoms with Gasteiger partial charge in [0.25, 0.3) is 0 Å². The molecule has 0 heterocycles. The summed E-state index contributed by atoms with van der Waals surface area (Å²) in [5.41, 5.74) is 0. The van der Waals surface area contributed by atoms with Gasteiger partial charge in [0, 0.05) is 0 Å². The van der Waals surface area contributed by atoms with E-state index in [9.17, 15) is 3.02 Å². The van der Waals surface area contributed by atoms with E-state index in [-0.39, 0.29) is 29.6 Å². The fraction of sp³-hybridized carbons (Fsp3) is 0. The zero-order valence-electron chi connectivity index (χ0n) is 2.61. The molecular weight excluding hydrogens is 225 g/mol. The third-order valence-electron chi connectivity index (χ3n) is 0.106. The topological polar surface area (TPSA) is 87.0 Å². The van der Waals surface area contributed by atoms with Crippen molar-refractivity contribution in [3.8, 4) is 0 Å². The Morgan fingerprint density at radius 2 is 1.57 bits per heavy atom. The SMILES string of the molecule is [NaH].[O]=[Sb]([OH])([OH])[O]O. The van der Waals surface area contributed by atoms with Crippen LogP contribution in [0.15, 0.2) is 0 Å². The van der Waals surface area contributed by atoms with Crippen LogP contribution in [0.3, 0.4) is 0 Å². The predicted molar refractivity (Wildman–Crippen MR) is 21.7 cm³/mol. The van der Waals surface area contributed by atoms with Crippen LogP contribution in [0.1, 0.15) is 0 Å². The van der Waals surface area contributed by atoms with Gasteiger partial charge in [-0.3, -0.25) is 0 Å². The first-order valence-electron chi connectivity index (χ1n) is 0.948. The van der Waals surface area contributed by atoms with Gasteiger partial charge >= 0.3 is 67.8 Å². The van der Waals surface area contributed by atoms with E-state index < -0.39 is 20.1 Å². The van der Waals surface area contributed by atoms with Crippen molar-refractivity contribution in [3.05, 3.63) is 0 Å². The van der Waals surface area contributed by atoms with Crippen LogP contribution in [-0.4, -0.2) is 61.6 Å². The maximum absolute atomic E-state index is 9.31. The van der Waals surface area contributed by atoms with Crippen molar-refractivity contribution in [1.29, 1.82) is 0 Å². The van der Waals surface area contributed by atoms with Crippen molar-refractivity contribution in [2.75, 3.05) is 0 Å². The minimum absolute atomic E-state index is 0. The first kappa shape index (κ1) is 11.3. The minimum atomic E-state index is -5.34. The van der Waals surface area contributed by atoms with Gasteiger partial charge in [-0.2, -0.15) is 0 Å². The third-order valence-corrected chi connectivity index (χ3v) is 0.714. The van der Waals surface area contributed by atoms with Crippen LogP contribution in [0.4, 0.5) is 0 Å². The Balaban J connectivity index is 0. The standard InChI is InChI=1S/Na.H2O2.2H2O.O.Sb.H/c;1-2;;;;;/h;1-2H;2*1H2;;;/q;;;;;+3;/p-3. The number of hydrogen-bond acceptors (Lipinski definition) is 3. The second kappa shape index (κ2) is 4.35. The van der Waals surface area contributed by atoms with Gasteiger partial charge < -0.3 is 0 Å².